The van der Waals surface area contributed by atoms with Gasteiger partial charge in [0.05, 0.1) is 25.9 Å². The molecule has 1 aliphatic carbocycles. The maximum Gasteiger partial charge on any atom is 0.306 e. The number of nitrogens with one attached hydrogen (secondary N) is 1. The number of carbonyl (C=O) groups excluding carboxylic acids is 1. The minimum Gasteiger partial charge on any atom is -0.466 e. The van der Waals surface area contributed by atoms with Crippen LogP contribution in [0.25, 0.3) is 0 Å². The smallest absolute Gasteiger partial charge is 0.306 e. The molecule has 0 bridgehead atoms. The first-order valence-electron chi connectivity index (χ1n) is 12.4. The zero-order valence-electron chi connectivity index (χ0n) is 20.9. The minimum atomic E-state index is -0.767. The van der Waals surface area contributed by atoms with E-state index in [0.29, 0.717) is 18.0 Å². The number of aliphatic hydroxyl groups excluding tert-OH is 1. The third-order valence-corrected chi connectivity index (χ3v) is 6.46. The highest BCUT2D eigenvalue weighted by molar-refractivity contribution is 5.69. The fourth-order valence-electron chi connectivity index (χ4n) is 4.87. The van der Waals surface area contributed by atoms with Gasteiger partial charge in [0.15, 0.2) is 0 Å². The van der Waals surface area contributed by atoms with Gasteiger partial charge in [-0.3, -0.25) is 4.79 Å². The Kier molecular flexibility index (Phi) is 9.78. The lowest BCUT2D eigenvalue weighted by molar-refractivity contribution is -0.143. The molecule has 1 aliphatic rings. The number of carbonyl (C=O) groups is 1. The Morgan fingerprint density at radius 2 is 1.89 bits per heavy atom. The average Bonchev–Trinajstić information content (AvgIpc) is 3.19. The van der Waals surface area contributed by atoms with Crippen LogP contribution < -0.4 is 5.32 Å². The molecule has 0 unspecified atom stereocenters. The number of ether oxygens (including phenoxy) is 2. The highest BCUT2D eigenvalue weighted by Crippen LogP contribution is 2.31. The standard InChI is InChI=1S/C28H37F2NO4/c1-4-35-27(33)10-9-25-22(13-23(29)14-26(25)30)17-34-18-24(32)16-31-28(2,3)15-19-11-20-7-5-6-8-21(20)12-19/h5-8,13-14,19,24,31-32H,4,9-12,15-18H2,1-3H3/t24-/m1/s1. The van der Waals surface area contributed by atoms with Gasteiger partial charge in [-0.05, 0) is 80.7 Å². The van der Waals surface area contributed by atoms with Crippen LogP contribution in [0.5, 0.6) is 0 Å². The second-order valence-corrected chi connectivity index (χ2v) is 10.0. The lowest BCUT2D eigenvalue weighted by Gasteiger charge is -2.30. The van der Waals surface area contributed by atoms with E-state index in [0.717, 1.165) is 25.3 Å². The van der Waals surface area contributed by atoms with Gasteiger partial charge in [0.2, 0.25) is 0 Å². The summed E-state index contributed by atoms with van der Waals surface area (Å²) in [4.78, 5) is 11.6. The fourth-order valence-corrected chi connectivity index (χ4v) is 4.87. The normalized spacial score (nSPS) is 14.7. The third-order valence-electron chi connectivity index (χ3n) is 6.46. The second kappa shape index (κ2) is 12.6. The van der Waals surface area contributed by atoms with Crippen LogP contribution in [-0.4, -0.2) is 42.5 Å². The van der Waals surface area contributed by atoms with Crippen LogP contribution in [-0.2, 0) is 40.1 Å². The molecule has 0 heterocycles. The van der Waals surface area contributed by atoms with Gasteiger partial charge in [0, 0.05) is 24.6 Å². The Morgan fingerprint density at radius 3 is 2.54 bits per heavy atom. The van der Waals surface area contributed by atoms with Crippen molar-refractivity contribution in [3.8, 4) is 0 Å². The number of fused-ring (bicyclic) bond motifs is 1. The zero-order valence-corrected chi connectivity index (χ0v) is 20.9. The maximum absolute atomic E-state index is 14.3. The van der Waals surface area contributed by atoms with E-state index in [2.05, 4.69) is 43.4 Å². The summed E-state index contributed by atoms with van der Waals surface area (Å²) in [5, 5.41) is 13.8. The molecule has 0 saturated heterocycles. The average molecular weight is 490 g/mol. The van der Waals surface area contributed by atoms with Gasteiger partial charge in [0.25, 0.3) is 0 Å². The topological polar surface area (TPSA) is 67.8 Å². The number of halogens is 2. The number of rotatable bonds is 13. The lowest BCUT2D eigenvalue weighted by atomic mass is 9.88. The summed E-state index contributed by atoms with van der Waals surface area (Å²) < 4.78 is 38.6. The SMILES string of the molecule is CCOC(=O)CCc1c(F)cc(F)cc1COC[C@H](O)CNC(C)(C)CC1Cc2ccccc2C1. The molecule has 2 N–H and O–H groups in total. The second-order valence-electron chi connectivity index (χ2n) is 10.0. The zero-order chi connectivity index (χ0) is 25.4. The van der Waals surface area contributed by atoms with Gasteiger partial charge in [0.1, 0.15) is 11.6 Å². The highest BCUT2D eigenvalue weighted by atomic mass is 19.1. The van der Waals surface area contributed by atoms with Crippen LogP contribution in [0.2, 0.25) is 0 Å². The van der Waals surface area contributed by atoms with Gasteiger partial charge < -0.3 is 19.9 Å². The quantitative estimate of drug-likeness (QED) is 0.405. The molecule has 0 fully saturated rings. The Morgan fingerprint density at radius 1 is 1.20 bits per heavy atom. The molecule has 5 nitrogen and oxygen atoms in total. The largest absolute Gasteiger partial charge is 0.466 e. The molecule has 35 heavy (non-hydrogen) atoms. The number of β-amino-alcohol motifs (C(OH)–C–C–N with tert-alkyl or cyclic N) is 1. The van der Waals surface area contributed by atoms with Crippen LogP contribution >= 0.6 is 0 Å². The number of esters is 1. The summed E-state index contributed by atoms with van der Waals surface area (Å²) in [5.74, 6) is -1.29. The van der Waals surface area contributed by atoms with Crippen molar-refractivity contribution in [2.24, 2.45) is 5.92 Å². The predicted molar refractivity (Wildman–Crippen MR) is 131 cm³/mol. The first-order valence-corrected chi connectivity index (χ1v) is 12.4. The van der Waals surface area contributed by atoms with E-state index < -0.39 is 23.7 Å². The van der Waals surface area contributed by atoms with E-state index >= 15 is 0 Å². The number of hydrogen-bond acceptors (Lipinski definition) is 5. The Labute approximate surface area is 206 Å². The molecule has 7 heteroatoms. The van der Waals surface area contributed by atoms with Crippen molar-refractivity contribution in [2.75, 3.05) is 19.8 Å². The molecule has 2 aromatic carbocycles. The van der Waals surface area contributed by atoms with Gasteiger partial charge in [-0.25, -0.2) is 8.78 Å². The van der Waals surface area contributed by atoms with Gasteiger partial charge in [-0.15, -0.1) is 0 Å². The minimum absolute atomic E-state index is 0.00288. The number of hydrogen-bond donors (Lipinski definition) is 2. The van der Waals surface area contributed by atoms with Crippen molar-refractivity contribution in [1.29, 1.82) is 0 Å². The molecule has 0 aromatic heterocycles. The van der Waals surface area contributed by atoms with Crippen LogP contribution in [0.1, 0.15) is 55.9 Å². The Hall–Kier alpha value is -2.35. The molecule has 3 rings (SSSR count). The maximum atomic E-state index is 14.3. The lowest BCUT2D eigenvalue weighted by Crippen LogP contribution is -2.45. The van der Waals surface area contributed by atoms with Crippen LogP contribution in [0.4, 0.5) is 8.78 Å². The summed E-state index contributed by atoms with van der Waals surface area (Å²) in [6, 6.07) is 10.6. The van der Waals surface area contributed by atoms with Crippen molar-refractivity contribution in [3.05, 3.63) is 70.3 Å². The van der Waals surface area contributed by atoms with Crippen molar-refractivity contribution < 1.29 is 28.2 Å². The monoisotopic (exact) mass is 489 g/mol. The number of benzene rings is 2. The Bertz CT molecular complexity index is 970. The Balaban J connectivity index is 1.44. The van der Waals surface area contributed by atoms with E-state index in [9.17, 15) is 18.7 Å². The summed E-state index contributed by atoms with van der Waals surface area (Å²) in [5.41, 5.74) is 3.26. The molecule has 0 amide bonds. The van der Waals surface area contributed by atoms with E-state index in [1.807, 2.05) is 0 Å². The molecule has 192 valence electrons. The molecule has 0 aliphatic heterocycles. The molecule has 2 aromatic rings. The van der Waals surface area contributed by atoms with Crippen LogP contribution in [0.15, 0.2) is 36.4 Å². The van der Waals surface area contributed by atoms with E-state index in [-0.39, 0.29) is 43.8 Å². The summed E-state index contributed by atoms with van der Waals surface area (Å²) in [6.45, 7) is 6.52. The third kappa shape index (κ3) is 8.37. The van der Waals surface area contributed by atoms with Crippen molar-refractivity contribution in [1.82, 2.24) is 5.32 Å². The van der Waals surface area contributed by atoms with Crippen molar-refractivity contribution >= 4 is 5.97 Å². The van der Waals surface area contributed by atoms with Crippen LogP contribution in [0.3, 0.4) is 0 Å². The molecule has 0 saturated carbocycles. The van der Waals surface area contributed by atoms with E-state index in [1.54, 1.807) is 6.92 Å². The molecule has 0 radical (unpaired) electrons. The summed E-state index contributed by atoms with van der Waals surface area (Å²) in [6.07, 6.45) is 2.47. The van der Waals surface area contributed by atoms with E-state index in [4.69, 9.17) is 9.47 Å². The number of aliphatic hydroxyl groups is 1. The van der Waals surface area contributed by atoms with Crippen LogP contribution in [0, 0.1) is 17.6 Å². The van der Waals surface area contributed by atoms with Gasteiger partial charge in [-0.2, -0.15) is 0 Å². The molecular weight excluding hydrogens is 452 g/mol. The summed E-state index contributed by atoms with van der Waals surface area (Å²) in [7, 11) is 0. The van der Waals surface area contributed by atoms with Crippen molar-refractivity contribution in [2.45, 2.75) is 71.1 Å². The highest BCUT2D eigenvalue weighted by Gasteiger charge is 2.28. The van der Waals surface area contributed by atoms with Crippen molar-refractivity contribution in [3.63, 3.8) is 0 Å². The first-order chi connectivity index (χ1) is 16.7. The molecule has 1 atom stereocenters. The van der Waals surface area contributed by atoms with E-state index in [1.165, 1.54) is 17.2 Å². The molecular formula is C28H37F2NO4. The molecule has 0 spiro atoms. The first kappa shape index (κ1) is 27.2. The summed E-state index contributed by atoms with van der Waals surface area (Å²) >= 11 is 0. The van der Waals surface area contributed by atoms with Gasteiger partial charge in [-0.1, -0.05) is 24.3 Å². The fraction of sp³-hybridized carbons (Fsp3) is 0.536. The predicted octanol–water partition coefficient (Wildman–Crippen LogP) is 4.51. The van der Waals surface area contributed by atoms with Gasteiger partial charge >= 0.3 is 5.97 Å².